The minimum absolute atomic E-state index is 0.0359. The van der Waals surface area contributed by atoms with Crippen LogP contribution in [-0.4, -0.2) is 61.1 Å². The second-order valence-electron chi connectivity index (χ2n) is 5.65. The fourth-order valence-corrected chi connectivity index (χ4v) is 5.65. The molecule has 0 bridgehead atoms. The molecule has 0 aromatic carbocycles. The van der Waals surface area contributed by atoms with Gasteiger partial charge in [-0.2, -0.15) is 0 Å². The van der Waals surface area contributed by atoms with Crippen molar-refractivity contribution >= 4 is 85.3 Å². The maximum absolute atomic E-state index is 12.7. The van der Waals surface area contributed by atoms with E-state index in [-0.39, 0.29) is 49.9 Å². The van der Waals surface area contributed by atoms with Crippen LogP contribution >= 0.6 is 85.3 Å². The second-order valence-corrected chi connectivity index (χ2v) is 11.2. The molecule has 176 valence electrons. The standard InChI is InChI=1S/C13H24Cl6O8P2/c1-13(2,11(18)26-28(20,22-7-3-14)23-8-4-15)12(19)27-29(21,24-9-5-16)25-10-6-17/h11-12H,3-10H2,1-2H3. The molecule has 0 aliphatic rings. The van der Waals surface area contributed by atoms with Gasteiger partial charge in [-0.15, -0.1) is 46.4 Å². The van der Waals surface area contributed by atoms with E-state index in [4.69, 9.17) is 96.7 Å². The highest BCUT2D eigenvalue weighted by Crippen LogP contribution is 2.57. The van der Waals surface area contributed by atoms with Gasteiger partial charge in [0.15, 0.2) is 11.1 Å². The van der Waals surface area contributed by atoms with Crippen molar-refractivity contribution in [1.29, 1.82) is 0 Å². The molecule has 0 fully saturated rings. The quantitative estimate of drug-likeness (QED) is 0.135. The highest BCUT2D eigenvalue weighted by atomic mass is 35.5. The molecular formula is C13H24Cl6O8P2. The molecule has 8 nitrogen and oxygen atoms in total. The third-order valence-corrected chi connectivity index (χ3v) is 8.02. The molecule has 0 saturated carbocycles. The second kappa shape index (κ2) is 15.7. The van der Waals surface area contributed by atoms with Gasteiger partial charge in [0.05, 0.1) is 26.4 Å². The lowest BCUT2D eigenvalue weighted by atomic mass is 9.96. The molecule has 0 radical (unpaired) electrons. The molecule has 0 aromatic heterocycles. The topological polar surface area (TPSA) is 89.5 Å². The Bertz CT molecular complexity index is 475. The fraction of sp³-hybridized carbons (Fsp3) is 1.00. The summed E-state index contributed by atoms with van der Waals surface area (Å²) >= 11 is 34.7. The van der Waals surface area contributed by atoms with Crippen LogP contribution in [0.5, 0.6) is 0 Å². The number of halogens is 6. The maximum Gasteiger partial charge on any atom is 0.476 e. The van der Waals surface area contributed by atoms with E-state index in [1.807, 2.05) is 0 Å². The van der Waals surface area contributed by atoms with Crippen LogP contribution in [0.2, 0.25) is 0 Å². The fourth-order valence-electron chi connectivity index (χ4n) is 1.38. The zero-order chi connectivity index (χ0) is 22.6. The SMILES string of the molecule is CC(C)(C(Cl)OP(=O)(OCCCl)OCCCl)C(Cl)OP(=O)(OCCCl)OCCCl. The van der Waals surface area contributed by atoms with Gasteiger partial charge < -0.3 is 0 Å². The largest absolute Gasteiger partial charge is 0.476 e. The smallest absolute Gasteiger partial charge is 0.286 e. The van der Waals surface area contributed by atoms with Gasteiger partial charge in [-0.3, -0.25) is 27.1 Å². The molecule has 0 rings (SSSR count). The molecule has 0 N–H and O–H groups in total. The first kappa shape index (κ1) is 31.0. The minimum Gasteiger partial charge on any atom is -0.286 e. The van der Waals surface area contributed by atoms with Crippen LogP contribution in [0.15, 0.2) is 0 Å². The Morgan fingerprint density at radius 1 is 0.655 bits per heavy atom. The van der Waals surface area contributed by atoms with Gasteiger partial charge in [0.2, 0.25) is 0 Å². The van der Waals surface area contributed by atoms with Crippen LogP contribution < -0.4 is 0 Å². The van der Waals surface area contributed by atoms with E-state index in [9.17, 15) is 9.13 Å². The van der Waals surface area contributed by atoms with Gasteiger partial charge in [-0.05, 0) is 0 Å². The normalized spacial score (nSPS) is 15.4. The van der Waals surface area contributed by atoms with Crippen LogP contribution in [0.4, 0.5) is 0 Å². The van der Waals surface area contributed by atoms with E-state index in [1.165, 1.54) is 13.8 Å². The summed E-state index contributed by atoms with van der Waals surface area (Å²) in [5.74, 6) is 0.144. The summed E-state index contributed by atoms with van der Waals surface area (Å²) in [6.45, 7) is 2.51. The van der Waals surface area contributed by atoms with Crippen molar-refractivity contribution in [2.75, 3.05) is 49.9 Å². The highest BCUT2D eigenvalue weighted by molar-refractivity contribution is 7.48. The van der Waals surface area contributed by atoms with Crippen molar-refractivity contribution in [3.63, 3.8) is 0 Å². The van der Waals surface area contributed by atoms with Gasteiger partial charge in [0.25, 0.3) is 0 Å². The molecule has 16 heteroatoms. The van der Waals surface area contributed by atoms with Crippen molar-refractivity contribution in [3.05, 3.63) is 0 Å². The number of rotatable bonds is 18. The summed E-state index contributed by atoms with van der Waals surface area (Å²) in [6.07, 6.45) is 0. The van der Waals surface area contributed by atoms with Crippen molar-refractivity contribution in [2.45, 2.75) is 25.0 Å². The van der Waals surface area contributed by atoms with Crippen molar-refractivity contribution in [1.82, 2.24) is 0 Å². The van der Waals surface area contributed by atoms with Crippen LogP contribution in [-0.2, 0) is 36.3 Å². The number of phosphoric ester groups is 2. The van der Waals surface area contributed by atoms with Gasteiger partial charge in [0, 0.05) is 28.9 Å². The molecule has 0 aliphatic heterocycles. The highest BCUT2D eigenvalue weighted by Gasteiger charge is 2.46. The molecule has 0 saturated heterocycles. The lowest BCUT2D eigenvalue weighted by Crippen LogP contribution is -2.37. The third-order valence-electron chi connectivity index (χ3n) is 2.92. The van der Waals surface area contributed by atoms with E-state index in [0.29, 0.717) is 0 Å². The molecular weight excluding hydrogens is 559 g/mol. The first-order chi connectivity index (χ1) is 13.5. The number of alkyl halides is 6. The number of hydrogen-bond donors (Lipinski definition) is 0. The lowest BCUT2D eigenvalue weighted by Gasteiger charge is -2.35. The number of hydrogen-bond acceptors (Lipinski definition) is 8. The average Bonchev–Trinajstić information content (AvgIpc) is 2.67. The van der Waals surface area contributed by atoms with Crippen LogP contribution in [0.25, 0.3) is 0 Å². The Kier molecular flexibility index (Phi) is 16.8. The number of phosphoric acid groups is 2. The predicted octanol–water partition coefficient (Wildman–Crippen LogP) is 6.41. The Morgan fingerprint density at radius 2 is 0.897 bits per heavy atom. The monoisotopic (exact) mass is 580 g/mol. The van der Waals surface area contributed by atoms with Gasteiger partial charge in [0.1, 0.15) is 0 Å². The zero-order valence-corrected chi connectivity index (χ0v) is 22.1. The summed E-state index contributed by atoms with van der Waals surface area (Å²) in [6, 6.07) is 0. The Balaban J connectivity index is 5.27. The molecule has 0 spiro atoms. The molecule has 2 atom stereocenters. The summed E-state index contributed by atoms with van der Waals surface area (Å²) in [5, 5.41) is 0. The van der Waals surface area contributed by atoms with Crippen LogP contribution in [0.3, 0.4) is 0 Å². The summed E-state index contributed by atoms with van der Waals surface area (Å²) in [5.41, 5.74) is -4.05. The van der Waals surface area contributed by atoms with Gasteiger partial charge in [-0.25, -0.2) is 9.13 Å². The zero-order valence-electron chi connectivity index (χ0n) is 15.7. The Morgan fingerprint density at radius 3 is 1.10 bits per heavy atom. The Hall–Kier alpha value is 1.96. The molecule has 0 aromatic rings. The summed E-state index contributed by atoms with van der Waals surface area (Å²) < 4.78 is 56.2. The van der Waals surface area contributed by atoms with E-state index in [1.54, 1.807) is 0 Å². The molecule has 0 aliphatic carbocycles. The van der Waals surface area contributed by atoms with E-state index >= 15 is 0 Å². The maximum atomic E-state index is 12.7. The van der Waals surface area contributed by atoms with E-state index < -0.39 is 32.2 Å². The van der Waals surface area contributed by atoms with E-state index in [2.05, 4.69) is 0 Å². The first-order valence-corrected chi connectivity index (χ1v) is 14.1. The van der Waals surface area contributed by atoms with Crippen molar-refractivity contribution < 1.29 is 36.3 Å². The third kappa shape index (κ3) is 12.1. The predicted molar refractivity (Wildman–Crippen MR) is 117 cm³/mol. The van der Waals surface area contributed by atoms with Crippen LogP contribution in [0, 0.1) is 5.41 Å². The lowest BCUT2D eigenvalue weighted by molar-refractivity contribution is 0.00918. The Labute approximate surface area is 201 Å². The molecule has 0 heterocycles. The van der Waals surface area contributed by atoms with Gasteiger partial charge >= 0.3 is 15.6 Å². The van der Waals surface area contributed by atoms with Crippen molar-refractivity contribution in [3.8, 4) is 0 Å². The van der Waals surface area contributed by atoms with Gasteiger partial charge in [-0.1, -0.05) is 37.0 Å². The van der Waals surface area contributed by atoms with Crippen molar-refractivity contribution in [2.24, 2.45) is 5.41 Å². The summed E-state index contributed by atoms with van der Waals surface area (Å²) in [4.78, 5) is 0. The molecule has 29 heavy (non-hydrogen) atoms. The van der Waals surface area contributed by atoms with E-state index in [0.717, 1.165) is 0 Å². The summed E-state index contributed by atoms with van der Waals surface area (Å²) in [7, 11) is -8.22. The first-order valence-electron chi connectivity index (χ1n) is 8.17. The minimum atomic E-state index is -4.11. The molecule has 0 amide bonds. The average molecular weight is 583 g/mol. The van der Waals surface area contributed by atoms with Crippen LogP contribution in [0.1, 0.15) is 13.8 Å². The molecule has 2 unspecified atom stereocenters.